The number of anilines is 3. The highest BCUT2D eigenvalue weighted by Crippen LogP contribution is 2.24. The number of nitrogens with two attached hydrogens (primary N) is 1. The Morgan fingerprint density at radius 1 is 1.11 bits per heavy atom. The predicted octanol–water partition coefficient (Wildman–Crippen LogP) is 2.99. The van der Waals surface area contributed by atoms with Crippen molar-refractivity contribution < 1.29 is 18.7 Å². The van der Waals surface area contributed by atoms with Crippen LogP contribution in [0.25, 0.3) is 0 Å². The number of carbonyl (C=O) groups is 1. The Bertz CT molecular complexity index is 645. The van der Waals surface area contributed by atoms with Crippen molar-refractivity contribution in [1.82, 2.24) is 0 Å². The molecule has 0 aliphatic carbocycles. The molecule has 4 nitrogen and oxygen atoms in total. The summed E-state index contributed by atoms with van der Waals surface area (Å²) in [5.74, 6) is -3.16. The molecule has 19 heavy (non-hydrogen) atoms. The molecule has 2 aromatic carbocycles. The van der Waals surface area contributed by atoms with Crippen molar-refractivity contribution in [3.63, 3.8) is 0 Å². The van der Waals surface area contributed by atoms with Crippen LogP contribution in [0.1, 0.15) is 10.4 Å². The van der Waals surface area contributed by atoms with Crippen molar-refractivity contribution in [3.8, 4) is 0 Å². The van der Waals surface area contributed by atoms with Gasteiger partial charge in [-0.1, -0.05) is 0 Å². The summed E-state index contributed by atoms with van der Waals surface area (Å²) in [7, 11) is 0. The van der Waals surface area contributed by atoms with Crippen LogP contribution in [0.3, 0.4) is 0 Å². The highest BCUT2D eigenvalue weighted by molar-refractivity contribution is 5.96. The highest BCUT2D eigenvalue weighted by atomic mass is 19.2. The molecular weight excluding hydrogens is 254 g/mol. The van der Waals surface area contributed by atoms with Gasteiger partial charge in [0, 0.05) is 17.4 Å². The quantitative estimate of drug-likeness (QED) is 0.745. The van der Waals surface area contributed by atoms with Gasteiger partial charge in [0.15, 0.2) is 11.6 Å². The van der Waals surface area contributed by atoms with E-state index in [0.29, 0.717) is 5.69 Å². The number of hydrogen-bond acceptors (Lipinski definition) is 3. The van der Waals surface area contributed by atoms with E-state index < -0.39 is 17.6 Å². The maximum atomic E-state index is 13.1. The molecule has 0 fully saturated rings. The van der Waals surface area contributed by atoms with Gasteiger partial charge in [0.05, 0.1) is 11.3 Å². The summed E-state index contributed by atoms with van der Waals surface area (Å²) in [6, 6.07) is 7.45. The fourth-order valence-corrected chi connectivity index (χ4v) is 1.58. The van der Waals surface area contributed by atoms with E-state index in [2.05, 4.69) is 5.32 Å². The summed E-state index contributed by atoms with van der Waals surface area (Å²) in [5.41, 5.74) is 6.24. The van der Waals surface area contributed by atoms with E-state index >= 15 is 0 Å². The number of carboxylic acid groups (broad SMARTS) is 1. The van der Waals surface area contributed by atoms with E-state index in [9.17, 15) is 13.6 Å². The number of nitrogen functional groups attached to an aromatic ring is 1. The van der Waals surface area contributed by atoms with Gasteiger partial charge in [-0.25, -0.2) is 13.6 Å². The van der Waals surface area contributed by atoms with Crippen LogP contribution in [-0.4, -0.2) is 11.1 Å². The Morgan fingerprint density at radius 3 is 2.47 bits per heavy atom. The monoisotopic (exact) mass is 264 g/mol. The first kappa shape index (κ1) is 12.8. The minimum atomic E-state index is -1.17. The molecule has 0 radical (unpaired) electrons. The van der Waals surface area contributed by atoms with Crippen molar-refractivity contribution in [3.05, 3.63) is 53.6 Å². The molecular formula is C13H10F2N2O2. The molecule has 0 atom stereocenters. The summed E-state index contributed by atoms with van der Waals surface area (Å²) >= 11 is 0. The van der Waals surface area contributed by atoms with Crippen LogP contribution < -0.4 is 11.1 Å². The van der Waals surface area contributed by atoms with E-state index in [1.807, 2.05) is 0 Å². The second-order valence-electron chi connectivity index (χ2n) is 3.86. The van der Waals surface area contributed by atoms with Crippen LogP contribution in [-0.2, 0) is 0 Å². The first-order chi connectivity index (χ1) is 8.97. The Morgan fingerprint density at radius 2 is 1.84 bits per heavy atom. The molecule has 0 heterocycles. The van der Waals surface area contributed by atoms with Crippen LogP contribution >= 0.6 is 0 Å². The molecule has 2 aromatic rings. The summed E-state index contributed by atoms with van der Waals surface area (Å²) in [6.07, 6.45) is 0. The lowest BCUT2D eigenvalue weighted by atomic mass is 10.1. The second-order valence-corrected chi connectivity index (χ2v) is 3.86. The van der Waals surface area contributed by atoms with E-state index in [1.165, 1.54) is 24.3 Å². The number of rotatable bonds is 3. The molecule has 98 valence electrons. The third kappa shape index (κ3) is 2.79. The highest BCUT2D eigenvalue weighted by Gasteiger charge is 2.11. The van der Waals surface area contributed by atoms with Crippen molar-refractivity contribution in [2.24, 2.45) is 0 Å². The lowest BCUT2D eigenvalue weighted by Crippen LogP contribution is -2.04. The van der Waals surface area contributed by atoms with Gasteiger partial charge in [-0.15, -0.1) is 0 Å². The molecule has 0 aliphatic rings. The molecule has 0 saturated carbocycles. The Hall–Kier alpha value is -2.63. The first-order valence-electron chi connectivity index (χ1n) is 5.32. The maximum absolute atomic E-state index is 13.1. The van der Waals surface area contributed by atoms with Crippen molar-refractivity contribution in [2.75, 3.05) is 11.1 Å². The smallest absolute Gasteiger partial charge is 0.337 e. The molecule has 0 amide bonds. The van der Waals surface area contributed by atoms with Crippen molar-refractivity contribution in [2.45, 2.75) is 0 Å². The van der Waals surface area contributed by atoms with Gasteiger partial charge in [-0.3, -0.25) is 0 Å². The van der Waals surface area contributed by atoms with Crippen LogP contribution in [0, 0.1) is 11.6 Å². The van der Waals surface area contributed by atoms with Crippen LogP contribution in [0.5, 0.6) is 0 Å². The number of carboxylic acids is 1. The first-order valence-corrected chi connectivity index (χ1v) is 5.32. The number of hydrogen-bond donors (Lipinski definition) is 3. The Balaban J connectivity index is 2.37. The van der Waals surface area contributed by atoms with E-state index in [4.69, 9.17) is 10.8 Å². The van der Waals surface area contributed by atoms with Crippen molar-refractivity contribution in [1.29, 1.82) is 0 Å². The molecule has 0 bridgehead atoms. The maximum Gasteiger partial charge on any atom is 0.337 e. The van der Waals surface area contributed by atoms with Gasteiger partial charge in [0.2, 0.25) is 0 Å². The van der Waals surface area contributed by atoms with Crippen LogP contribution in [0.15, 0.2) is 36.4 Å². The molecule has 0 aliphatic heterocycles. The Kier molecular flexibility index (Phi) is 3.33. The zero-order valence-corrected chi connectivity index (χ0v) is 9.65. The topological polar surface area (TPSA) is 75.3 Å². The van der Waals surface area contributed by atoms with E-state index in [-0.39, 0.29) is 16.9 Å². The van der Waals surface area contributed by atoms with Gasteiger partial charge in [-0.2, -0.15) is 0 Å². The summed E-state index contributed by atoms with van der Waals surface area (Å²) < 4.78 is 25.8. The SMILES string of the molecule is Nc1ccc(Nc2ccc(F)c(F)c2)c(C(=O)O)c1. The third-order valence-corrected chi connectivity index (χ3v) is 2.47. The largest absolute Gasteiger partial charge is 0.478 e. The lowest BCUT2D eigenvalue weighted by molar-refractivity contribution is 0.0698. The normalized spacial score (nSPS) is 10.2. The zero-order valence-electron chi connectivity index (χ0n) is 9.65. The molecule has 0 aromatic heterocycles. The van der Waals surface area contributed by atoms with Gasteiger partial charge < -0.3 is 16.2 Å². The summed E-state index contributed by atoms with van der Waals surface area (Å²) in [4.78, 5) is 11.1. The van der Waals surface area contributed by atoms with Gasteiger partial charge in [0.25, 0.3) is 0 Å². The fraction of sp³-hybridized carbons (Fsp3) is 0. The van der Waals surface area contributed by atoms with Gasteiger partial charge >= 0.3 is 5.97 Å². The minimum Gasteiger partial charge on any atom is -0.478 e. The molecule has 0 unspecified atom stereocenters. The summed E-state index contributed by atoms with van der Waals surface area (Å²) in [5, 5.41) is 11.7. The third-order valence-electron chi connectivity index (χ3n) is 2.47. The summed E-state index contributed by atoms with van der Waals surface area (Å²) in [6.45, 7) is 0. The molecule has 4 N–H and O–H groups in total. The standard InChI is InChI=1S/C13H10F2N2O2/c14-10-3-2-8(6-11(10)15)17-12-4-1-7(16)5-9(12)13(18)19/h1-6,17H,16H2,(H,18,19). The van der Waals surface area contributed by atoms with Crippen LogP contribution in [0.4, 0.5) is 25.8 Å². The van der Waals surface area contributed by atoms with Crippen molar-refractivity contribution >= 4 is 23.0 Å². The van der Waals surface area contributed by atoms with E-state index in [1.54, 1.807) is 0 Å². The zero-order chi connectivity index (χ0) is 14.0. The van der Waals surface area contributed by atoms with Gasteiger partial charge in [0.1, 0.15) is 0 Å². The molecule has 0 spiro atoms. The number of halogens is 2. The van der Waals surface area contributed by atoms with Gasteiger partial charge in [-0.05, 0) is 30.3 Å². The molecule has 2 rings (SSSR count). The molecule has 0 saturated heterocycles. The minimum absolute atomic E-state index is 0.0512. The number of benzene rings is 2. The Labute approximate surface area is 107 Å². The van der Waals surface area contributed by atoms with Crippen LogP contribution in [0.2, 0.25) is 0 Å². The predicted molar refractivity (Wildman–Crippen MR) is 67.5 cm³/mol. The average molecular weight is 264 g/mol. The second kappa shape index (κ2) is 4.93. The average Bonchev–Trinajstić information content (AvgIpc) is 2.36. The van der Waals surface area contributed by atoms with E-state index in [0.717, 1.165) is 12.1 Å². The lowest BCUT2D eigenvalue weighted by Gasteiger charge is -2.10. The molecule has 6 heteroatoms. The number of aromatic carboxylic acids is 1. The fourth-order valence-electron chi connectivity index (χ4n) is 1.58. The number of nitrogens with one attached hydrogen (secondary N) is 1.